The van der Waals surface area contributed by atoms with Crippen molar-refractivity contribution >= 4 is 5.82 Å². The minimum absolute atomic E-state index is 0.178. The topological polar surface area (TPSA) is 48.3 Å². The molecule has 0 saturated heterocycles. The SMILES string of the molecule is FC(F)(F)c1cccc(-n2nc(-c3ccc4c(c3)OCO4)c3c2NCCCC3)c1. The van der Waals surface area contributed by atoms with Crippen molar-refractivity contribution in [2.75, 3.05) is 18.7 Å². The molecule has 3 aromatic rings. The highest BCUT2D eigenvalue weighted by atomic mass is 19.4. The molecule has 2 aromatic carbocycles. The standard InChI is InChI=1S/C21H18F3N3O2/c22-21(23,24)14-4-3-5-15(11-14)27-20-16(6-1-2-9-25-20)19(26-27)13-7-8-17-18(10-13)29-12-28-17/h3-5,7-8,10-11,25H,1-2,6,9,12H2. The van der Waals surface area contributed by atoms with Gasteiger partial charge in [-0.2, -0.15) is 18.3 Å². The molecular formula is C21H18F3N3O2. The van der Waals surface area contributed by atoms with Crippen LogP contribution in [0.1, 0.15) is 24.0 Å². The second-order valence-corrected chi connectivity index (χ2v) is 7.09. The van der Waals surface area contributed by atoms with E-state index in [9.17, 15) is 13.2 Å². The Balaban J connectivity index is 1.66. The lowest BCUT2D eigenvalue weighted by Gasteiger charge is -2.12. The lowest BCUT2D eigenvalue weighted by atomic mass is 10.0. The van der Waals surface area contributed by atoms with Crippen LogP contribution in [-0.2, 0) is 12.6 Å². The minimum Gasteiger partial charge on any atom is -0.454 e. The van der Waals surface area contributed by atoms with E-state index in [1.54, 1.807) is 10.7 Å². The number of nitrogens with zero attached hydrogens (tertiary/aromatic N) is 2. The highest BCUT2D eigenvalue weighted by molar-refractivity contribution is 5.73. The van der Waals surface area contributed by atoms with Crippen LogP contribution in [0, 0.1) is 0 Å². The van der Waals surface area contributed by atoms with Crippen LogP contribution in [0.5, 0.6) is 11.5 Å². The number of halogens is 3. The first-order valence-electron chi connectivity index (χ1n) is 9.44. The molecule has 3 heterocycles. The number of rotatable bonds is 2. The predicted octanol–water partition coefficient (Wildman–Crippen LogP) is 5.04. The van der Waals surface area contributed by atoms with E-state index in [2.05, 4.69) is 5.32 Å². The third-order valence-electron chi connectivity index (χ3n) is 5.19. The van der Waals surface area contributed by atoms with Crippen molar-refractivity contribution in [3.8, 4) is 28.4 Å². The Labute approximate surface area is 165 Å². The highest BCUT2D eigenvalue weighted by Gasteiger charge is 2.31. The molecule has 0 unspecified atom stereocenters. The summed E-state index contributed by atoms with van der Waals surface area (Å²) in [7, 11) is 0. The molecule has 0 spiro atoms. The van der Waals surface area contributed by atoms with Crippen molar-refractivity contribution in [2.45, 2.75) is 25.4 Å². The summed E-state index contributed by atoms with van der Waals surface area (Å²) < 4.78 is 52.1. The average Bonchev–Trinajstić information content (AvgIpc) is 3.24. The van der Waals surface area contributed by atoms with E-state index >= 15 is 0 Å². The molecule has 1 aromatic heterocycles. The van der Waals surface area contributed by atoms with Gasteiger partial charge in [0.2, 0.25) is 6.79 Å². The summed E-state index contributed by atoms with van der Waals surface area (Å²) in [5, 5.41) is 8.07. The number of hydrogen-bond donors (Lipinski definition) is 1. The van der Waals surface area contributed by atoms with Gasteiger partial charge in [0, 0.05) is 17.7 Å². The van der Waals surface area contributed by atoms with Gasteiger partial charge >= 0.3 is 6.18 Å². The van der Waals surface area contributed by atoms with Gasteiger partial charge in [-0.25, -0.2) is 4.68 Å². The molecule has 0 radical (unpaired) electrons. The van der Waals surface area contributed by atoms with E-state index in [4.69, 9.17) is 14.6 Å². The number of alkyl halides is 3. The van der Waals surface area contributed by atoms with Crippen molar-refractivity contribution in [3.05, 3.63) is 53.6 Å². The van der Waals surface area contributed by atoms with Gasteiger partial charge in [-0.15, -0.1) is 0 Å². The smallest absolute Gasteiger partial charge is 0.416 e. The summed E-state index contributed by atoms with van der Waals surface area (Å²) in [5.41, 5.74) is 2.26. The number of fused-ring (bicyclic) bond motifs is 2. The fourth-order valence-corrected chi connectivity index (χ4v) is 3.78. The van der Waals surface area contributed by atoms with Crippen molar-refractivity contribution in [2.24, 2.45) is 0 Å². The Morgan fingerprint density at radius 2 is 1.86 bits per heavy atom. The zero-order chi connectivity index (χ0) is 20.0. The van der Waals surface area contributed by atoms with Crippen LogP contribution >= 0.6 is 0 Å². The first kappa shape index (κ1) is 17.9. The highest BCUT2D eigenvalue weighted by Crippen LogP contribution is 2.40. The number of benzene rings is 2. The molecule has 2 aliphatic rings. The van der Waals surface area contributed by atoms with E-state index in [0.717, 1.165) is 60.6 Å². The number of nitrogens with one attached hydrogen (secondary N) is 1. The van der Waals surface area contributed by atoms with E-state index in [1.807, 2.05) is 18.2 Å². The molecule has 5 nitrogen and oxygen atoms in total. The van der Waals surface area contributed by atoms with Crippen molar-refractivity contribution in [1.29, 1.82) is 0 Å². The van der Waals surface area contributed by atoms with Crippen LogP contribution in [0.15, 0.2) is 42.5 Å². The Hall–Kier alpha value is -3.16. The van der Waals surface area contributed by atoms with Gasteiger partial charge in [0.15, 0.2) is 11.5 Å². The first-order valence-corrected chi connectivity index (χ1v) is 9.44. The minimum atomic E-state index is -4.41. The summed E-state index contributed by atoms with van der Waals surface area (Å²) in [6.45, 7) is 0.926. The van der Waals surface area contributed by atoms with Gasteiger partial charge in [0.1, 0.15) is 5.82 Å². The molecule has 0 saturated carbocycles. The van der Waals surface area contributed by atoms with Crippen molar-refractivity contribution in [3.63, 3.8) is 0 Å². The molecule has 2 aliphatic heterocycles. The molecule has 1 N–H and O–H groups in total. The van der Waals surface area contributed by atoms with Crippen LogP contribution < -0.4 is 14.8 Å². The lowest BCUT2D eigenvalue weighted by Crippen LogP contribution is -2.09. The summed E-state index contributed by atoms with van der Waals surface area (Å²) in [6, 6.07) is 10.8. The Morgan fingerprint density at radius 1 is 1.00 bits per heavy atom. The van der Waals surface area contributed by atoms with Gasteiger partial charge in [-0.1, -0.05) is 6.07 Å². The fraction of sp³-hybridized carbons (Fsp3) is 0.286. The summed E-state index contributed by atoms with van der Waals surface area (Å²) in [5.74, 6) is 2.07. The summed E-state index contributed by atoms with van der Waals surface area (Å²) in [6.07, 6.45) is -1.65. The van der Waals surface area contributed by atoms with Gasteiger partial charge < -0.3 is 14.8 Å². The molecular weight excluding hydrogens is 383 g/mol. The van der Waals surface area contributed by atoms with Gasteiger partial charge in [0.05, 0.1) is 16.9 Å². The molecule has 29 heavy (non-hydrogen) atoms. The predicted molar refractivity (Wildman–Crippen MR) is 102 cm³/mol. The van der Waals surface area contributed by atoms with Crippen molar-refractivity contribution < 1.29 is 22.6 Å². The Bertz CT molecular complexity index is 1080. The van der Waals surface area contributed by atoms with Crippen molar-refractivity contribution in [1.82, 2.24) is 9.78 Å². The second-order valence-electron chi connectivity index (χ2n) is 7.09. The quantitative estimate of drug-likeness (QED) is 0.654. The normalized spacial score (nSPS) is 15.6. The van der Waals surface area contributed by atoms with Gasteiger partial charge in [-0.3, -0.25) is 0 Å². The average molecular weight is 401 g/mol. The fourth-order valence-electron chi connectivity index (χ4n) is 3.78. The number of aromatic nitrogens is 2. The zero-order valence-corrected chi connectivity index (χ0v) is 15.4. The molecule has 0 amide bonds. The molecule has 0 atom stereocenters. The van der Waals surface area contributed by atoms with Crippen LogP contribution in [0.3, 0.4) is 0 Å². The molecule has 150 valence electrons. The Kier molecular flexibility index (Phi) is 4.15. The zero-order valence-electron chi connectivity index (χ0n) is 15.4. The molecule has 0 bridgehead atoms. The number of anilines is 1. The molecule has 8 heteroatoms. The van der Waals surface area contributed by atoms with E-state index in [1.165, 1.54) is 6.07 Å². The molecule has 0 aliphatic carbocycles. The van der Waals surface area contributed by atoms with E-state index < -0.39 is 11.7 Å². The van der Waals surface area contributed by atoms with Gasteiger partial charge in [-0.05, 0) is 55.7 Å². The number of hydrogen-bond acceptors (Lipinski definition) is 4. The third kappa shape index (κ3) is 3.18. The summed E-state index contributed by atoms with van der Waals surface area (Å²) in [4.78, 5) is 0. The lowest BCUT2D eigenvalue weighted by molar-refractivity contribution is -0.137. The second kappa shape index (κ2) is 6.72. The van der Waals surface area contributed by atoms with Crippen LogP contribution in [0.25, 0.3) is 16.9 Å². The van der Waals surface area contributed by atoms with Crippen LogP contribution in [-0.4, -0.2) is 23.1 Å². The monoisotopic (exact) mass is 401 g/mol. The maximum atomic E-state index is 13.2. The summed E-state index contributed by atoms with van der Waals surface area (Å²) >= 11 is 0. The van der Waals surface area contributed by atoms with Crippen LogP contribution in [0.4, 0.5) is 19.0 Å². The van der Waals surface area contributed by atoms with Crippen LogP contribution in [0.2, 0.25) is 0 Å². The maximum absolute atomic E-state index is 13.2. The first-order chi connectivity index (χ1) is 14.0. The largest absolute Gasteiger partial charge is 0.454 e. The Morgan fingerprint density at radius 3 is 2.72 bits per heavy atom. The maximum Gasteiger partial charge on any atom is 0.416 e. The number of ether oxygens (including phenoxy) is 2. The van der Waals surface area contributed by atoms with E-state index in [0.29, 0.717) is 17.2 Å². The molecule has 0 fully saturated rings. The van der Waals surface area contributed by atoms with E-state index in [-0.39, 0.29) is 6.79 Å². The molecule has 5 rings (SSSR count). The third-order valence-corrected chi connectivity index (χ3v) is 5.19. The van der Waals surface area contributed by atoms with Gasteiger partial charge in [0.25, 0.3) is 0 Å².